The molecule has 0 heterocycles. The highest BCUT2D eigenvalue weighted by molar-refractivity contribution is 5.89. The zero-order valence-corrected chi connectivity index (χ0v) is 8.73. The highest BCUT2D eigenvalue weighted by Gasteiger charge is 2.56. The van der Waals surface area contributed by atoms with E-state index in [0.29, 0.717) is 5.56 Å². The van der Waals surface area contributed by atoms with E-state index >= 15 is 0 Å². The minimum Gasteiger partial charge on any atom is -0.459 e. The van der Waals surface area contributed by atoms with E-state index in [2.05, 4.69) is 0 Å². The van der Waals surface area contributed by atoms with Gasteiger partial charge in [-0.05, 0) is 18.6 Å². The van der Waals surface area contributed by atoms with E-state index in [-0.39, 0.29) is 25.6 Å². The number of halogens is 1. The lowest BCUT2D eigenvalue weighted by Gasteiger charge is -2.08. The van der Waals surface area contributed by atoms with Crippen molar-refractivity contribution in [2.75, 3.05) is 13.2 Å². The maximum Gasteiger partial charge on any atom is 0.338 e. The first-order valence-corrected chi connectivity index (χ1v) is 5.18. The molecule has 1 N–H and O–H groups in total. The molecular weight excluding hydrogens is 211 g/mol. The molecule has 86 valence electrons. The maximum absolute atomic E-state index is 13.6. The van der Waals surface area contributed by atoms with Crippen LogP contribution >= 0.6 is 0 Å². The number of carbonyl (C=O) groups excluding carboxylic acids is 1. The Morgan fingerprint density at radius 2 is 2.19 bits per heavy atom. The number of aliphatic hydroxyl groups excluding tert-OH is 1. The Hall–Kier alpha value is -1.42. The smallest absolute Gasteiger partial charge is 0.338 e. The molecule has 0 aliphatic heterocycles. The molecule has 1 aliphatic carbocycles. The second-order valence-corrected chi connectivity index (χ2v) is 4.06. The fourth-order valence-corrected chi connectivity index (χ4v) is 1.60. The van der Waals surface area contributed by atoms with Crippen LogP contribution in [0.4, 0.5) is 4.39 Å². The third kappa shape index (κ3) is 2.22. The molecule has 0 amide bonds. The van der Waals surface area contributed by atoms with Gasteiger partial charge >= 0.3 is 5.97 Å². The van der Waals surface area contributed by atoms with Gasteiger partial charge in [0.1, 0.15) is 6.61 Å². The largest absolute Gasteiger partial charge is 0.459 e. The summed E-state index contributed by atoms with van der Waals surface area (Å²) in [6.45, 7) is -0.467. The Morgan fingerprint density at radius 3 is 2.75 bits per heavy atom. The molecule has 4 heteroatoms. The number of alkyl halides is 1. The molecule has 0 bridgehead atoms. The van der Waals surface area contributed by atoms with Crippen molar-refractivity contribution in [1.29, 1.82) is 0 Å². The third-order valence-electron chi connectivity index (χ3n) is 2.83. The molecule has 1 saturated carbocycles. The summed E-state index contributed by atoms with van der Waals surface area (Å²) in [4.78, 5) is 11.5. The molecule has 1 aliphatic rings. The van der Waals surface area contributed by atoms with Gasteiger partial charge in [0.05, 0.1) is 5.56 Å². The van der Waals surface area contributed by atoms with Crippen LogP contribution in [0.5, 0.6) is 0 Å². The van der Waals surface area contributed by atoms with Crippen molar-refractivity contribution < 1.29 is 19.0 Å². The maximum atomic E-state index is 13.6. The topological polar surface area (TPSA) is 46.5 Å². The summed E-state index contributed by atoms with van der Waals surface area (Å²) in [6.07, 6.45) is 0.269. The zero-order valence-electron chi connectivity index (χ0n) is 8.73. The Kier molecular flexibility index (Phi) is 2.92. The molecule has 16 heavy (non-hydrogen) atoms. The Balaban J connectivity index is 1.86. The average molecular weight is 224 g/mol. The van der Waals surface area contributed by atoms with Gasteiger partial charge in [0.2, 0.25) is 0 Å². The summed E-state index contributed by atoms with van der Waals surface area (Å²) < 4.78 is 18.5. The van der Waals surface area contributed by atoms with Crippen molar-refractivity contribution in [3.8, 4) is 0 Å². The van der Waals surface area contributed by atoms with Crippen LogP contribution in [0.25, 0.3) is 0 Å². The van der Waals surface area contributed by atoms with Crippen LogP contribution in [0.15, 0.2) is 30.3 Å². The molecule has 2 atom stereocenters. The van der Waals surface area contributed by atoms with Gasteiger partial charge in [-0.15, -0.1) is 0 Å². The number of carbonyl (C=O) groups is 1. The monoisotopic (exact) mass is 224 g/mol. The van der Waals surface area contributed by atoms with Gasteiger partial charge in [-0.1, -0.05) is 18.2 Å². The van der Waals surface area contributed by atoms with Crippen molar-refractivity contribution in [3.63, 3.8) is 0 Å². The minimum atomic E-state index is -1.51. The lowest BCUT2D eigenvalue weighted by molar-refractivity contribution is 0.0327. The van der Waals surface area contributed by atoms with Crippen molar-refractivity contribution in [2.24, 2.45) is 5.92 Å². The van der Waals surface area contributed by atoms with E-state index in [1.54, 1.807) is 30.3 Å². The van der Waals surface area contributed by atoms with E-state index in [9.17, 15) is 9.18 Å². The second-order valence-electron chi connectivity index (χ2n) is 4.06. The van der Waals surface area contributed by atoms with E-state index in [1.807, 2.05) is 0 Å². The van der Waals surface area contributed by atoms with Crippen molar-refractivity contribution in [1.82, 2.24) is 0 Å². The number of esters is 1. The molecule has 0 spiro atoms. The number of hydrogen-bond acceptors (Lipinski definition) is 3. The fraction of sp³-hybridized carbons (Fsp3) is 0.417. The molecule has 1 aromatic rings. The van der Waals surface area contributed by atoms with Crippen LogP contribution in [0.2, 0.25) is 0 Å². The van der Waals surface area contributed by atoms with Crippen LogP contribution < -0.4 is 0 Å². The SMILES string of the molecule is O=C(OC[C@]1(F)C[C@@H]1CO)c1ccccc1. The molecule has 0 radical (unpaired) electrons. The number of hydrogen-bond donors (Lipinski definition) is 1. The number of ether oxygens (including phenoxy) is 1. The molecule has 1 fully saturated rings. The molecular formula is C12H13FO3. The average Bonchev–Trinajstić information content (AvgIpc) is 2.99. The summed E-state index contributed by atoms with van der Waals surface area (Å²) >= 11 is 0. The molecule has 1 aromatic carbocycles. The van der Waals surface area contributed by atoms with Gasteiger partial charge in [-0.3, -0.25) is 0 Å². The first-order chi connectivity index (χ1) is 7.65. The minimum absolute atomic E-state index is 0.195. The predicted molar refractivity (Wildman–Crippen MR) is 55.8 cm³/mol. The van der Waals surface area contributed by atoms with Gasteiger partial charge in [0.25, 0.3) is 0 Å². The van der Waals surface area contributed by atoms with Crippen LogP contribution in [0.3, 0.4) is 0 Å². The van der Waals surface area contributed by atoms with Crippen molar-refractivity contribution >= 4 is 5.97 Å². The quantitative estimate of drug-likeness (QED) is 0.789. The summed E-state index contributed by atoms with van der Waals surface area (Å²) in [7, 11) is 0. The van der Waals surface area contributed by atoms with Crippen molar-refractivity contribution in [3.05, 3.63) is 35.9 Å². The van der Waals surface area contributed by atoms with Crippen LogP contribution in [-0.2, 0) is 4.74 Å². The summed E-state index contributed by atoms with van der Waals surface area (Å²) in [5, 5.41) is 8.74. The molecule has 0 unspecified atom stereocenters. The Labute approximate surface area is 92.9 Å². The van der Waals surface area contributed by atoms with Crippen molar-refractivity contribution in [2.45, 2.75) is 12.1 Å². The summed E-state index contributed by atoms with van der Waals surface area (Å²) in [5.41, 5.74) is -1.11. The highest BCUT2D eigenvalue weighted by Crippen LogP contribution is 2.47. The highest BCUT2D eigenvalue weighted by atomic mass is 19.1. The van der Waals surface area contributed by atoms with Gasteiger partial charge in [0, 0.05) is 12.5 Å². The Bertz CT molecular complexity index is 379. The molecule has 2 rings (SSSR count). The molecule has 0 aromatic heterocycles. The van der Waals surface area contributed by atoms with Gasteiger partial charge in [0.15, 0.2) is 5.67 Å². The van der Waals surface area contributed by atoms with Gasteiger partial charge < -0.3 is 9.84 Å². The van der Waals surface area contributed by atoms with E-state index in [0.717, 1.165) is 0 Å². The number of rotatable bonds is 4. The standard InChI is InChI=1S/C12H13FO3/c13-12(6-10(12)7-14)8-16-11(15)9-4-2-1-3-5-9/h1-5,10,14H,6-8H2/t10-,12-/m1/s1. The molecule has 0 saturated heterocycles. The third-order valence-corrected chi connectivity index (χ3v) is 2.83. The van der Waals surface area contributed by atoms with Crippen LogP contribution in [-0.4, -0.2) is 30.0 Å². The van der Waals surface area contributed by atoms with E-state index < -0.39 is 11.6 Å². The van der Waals surface area contributed by atoms with E-state index in [1.165, 1.54) is 0 Å². The Morgan fingerprint density at radius 1 is 1.50 bits per heavy atom. The van der Waals surface area contributed by atoms with Crippen LogP contribution in [0.1, 0.15) is 16.8 Å². The lowest BCUT2D eigenvalue weighted by atomic mass is 10.2. The lowest BCUT2D eigenvalue weighted by Crippen LogP contribution is -2.19. The normalized spacial score (nSPS) is 27.5. The summed E-state index contributed by atoms with van der Waals surface area (Å²) in [5.74, 6) is -0.905. The predicted octanol–water partition coefficient (Wildman–Crippen LogP) is 1.56. The molecule has 3 nitrogen and oxygen atoms in total. The first-order valence-electron chi connectivity index (χ1n) is 5.18. The number of aliphatic hydroxyl groups is 1. The van der Waals surface area contributed by atoms with Crippen LogP contribution in [0, 0.1) is 5.92 Å². The zero-order chi connectivity index (χ0) is 11.6. The number of benzene rings is 1. The summed E-state index contributed by atoms with van der Waals surface area (Å²) in [6, 6.07) is 8.45. The van der Waals surface area contributed by atoms with Gasteiger partial charge in [-0.25, -0.2) is 9.18 Å². The van der Waals surface area contributed by atoms with Gasteiger partial charge in [-0.2, -0.15) is 0 Å². The van der Waals surface area contributed by atoms with E-state index in [4.69, 9.17) is 9.84 Å². The second kappa shape index (κ2) is 4.22. The fourth-order valence-electron chi connectivity index (χ4n) is 1.60. The first kappa shape index (κ1) is 11.1.